The molecule has 1 saturated heterocycles. The minimum Gasteiger partial charge on any atom is -0.497 e. The number of benzene rings is 2. The zero-order chi connectivity index (χ0) is 20.9. The van der Waals surface area contributed by atoms with Gasteiger partial charge in [0.15, 0.2) is 5.76 Å². The van der Waals surface area contributed by atoms with Gasteiger partial charge in [-0.05, 0) is 55.0 Å². The number of aryl methyl sites for hydroxylation is 1. The van der Waals surface area contributed by atoms with Crippen LogP contribution in [0.3, 0.4) is 0 Å². The summed E-state index contributed by atoms with van der Waals surface area (Å²) in [5.41, 5.74) is 2.74. The summed E-state index contributed by atoms with van der Waals surface area (Å²) in [5.74, 6) is 1.24. The standard InChI is InChI=1S/C23H24FN3O3/c1-29-21-9-7-20(8-10-21)26-12-14-27(15-13-26)22(28)11-4-18-16-25-30-23(18)17-2-5-19(24)6-3-17/h2-3,5-10,16H,4,11-15H2,1H3. The fourth-order valence-electron chi connectivity index (χ4n) is 3.68. The van der Waals surface area contributed by atoms with E-state index in [1.807, 2.05) is 29.2 Å². The monoisotopic (exact) mass is 409 g/mol. The van der Waals surface area contributed by atoms with Crippen LogP contribution in [-0.2, 0) is 11.2 Å². The highest BCUT2D eigenvalue weighted by Crippen LogP contribution is 2.25. The van der Waals surface area contributed by atoms with Crippen molar-refractivity contribution in [2.24, 2.45) is 0 Å². The fraction of sp³-hybridized carbons (Fsp3) is 0.304. The number of hydrogen-bond donors (Lipinski definition) is 0. The molecule has 1 aliphatic heterocycles. The Morgan fingerprint density at radius 1 is 1.07 bits per heavy atom. The van der Waals surface area contributed by atoms with Gasteiger partial charge >= 0.3 is 0 Å². The fourth-order valence-corrected chi connectivity index (χ4v) is 3.68. The molecule has 1 amide bonds. The normalized spacial score (nSPS) is 14.1. The first kappa shape index (κ1) is 19.9. The molecule has 30 heavy (non-hydrogen) atoms. The van der Waals surface area contributed by atoms with Gasteiger partial charge in [-0.1, -0.05) is 5.16 Å². The molecule has 0 unspecified atom stereocenters. The van der Waals surface area contributed by atoms with Crippen LogP contribution in [0.1, 0.15) is 12.0 Å². The number of aromatic nitrogens is 1. The van der Waals surface area contributed by atoms with Gasteiger partial charge in [0.2, 0.25) is 5.91 Å². The number of amides is 1. The number of anilines is 1. The summed E-state index contributed by atoms with van der Waals surface area (Å²) in [6.07, 6.45) is 2.55. The number of piperazine rings is 1. The van der Waals surface area contributed by atoms with Crippen molar-refractivity contribution in [2.45, 2.75) is 12.8 Å². The molecule has 0 N–H and O–H groups in total. The van der Waals surface area contributed by atoms with Crippen LogP contribution in [0.5, 0.6) is 5.75 Å². The summed E-state index contributed by atoms with van der Waals surface area (Å²) < 4.78 is 23.7. The maximum atomic E-state index is 13.2. The zero-order valence-corrected chi connectivity index (χ0v) is 16.9. The van der Waals surface area contributed by atoms with Crippen LogP contribution in [0, 0.1) is 5.82 Å². The molecule has 3 aromatic rings. The van der Waals surface area contributed by atoms with E-state index in [4.69, 9.17) is 9.26 Å². The van der Waals surface area contributed by atoms with Crippen molar-refractivity contribution in [2.75, 3.05) is 38.2 Å². The first-order chi connectivity index (χ1) is 14.6. The Labute approximate surface area is 174 Å². The van der Waals surface area contributed by atoms with Crippen LogP contribution in [0.25, 0.3) is 11.3 Å². The second-order valence-electron chi connectivity index (χ2n) is 7.25. The van der Waals surface area contributed by atoms with E-state index < -0.39 is 0 Å². The summed E-state index contributed by atoms with van der Waals surface area (Å²) in [5, 5.41) is 3.86. The number of ether oxygens (including phenoxy) is 1. The quantitative estimate of drug-likeness (QED) is 0.620. The van der Waals surface area contributed by atoms with Crippen molar-refractivity contribution in [3.63, 3.8) is 0 Å². The Kier molecular flexibility index (Phi) is 5.97. The molecule has 7 heteroatoms. The molecular weight excluding hydrogens is 385 g/mol. The lowest BCUT2D eigenvalue weighted by atomic mass is 10.0. The van der Waals surface area contributed by atoms with Crippen molar-refractivity contribution in [1.29, 1.82) is 0 Å². The van der Waals surface area contributed by atoms with Crippen molar-refractivity contribution in [1.82, 2.24) is 10.1 Å². The summed E-state index contributed by atoms with van der Waals surface area (Å²) in [4.78, 5) is 16.9. The average Bonchev–Trinajstić information content (AvgIpc) is 3.27. The van der Waals surface area contributed by atoms with Crippen LogP contribution in [0.15, 0.2) is 59.3 Å². The predicted molar refractivity (Wildman–Crippen MR) is 112 cm³/mol. The molecule has 0 radical (unpaired) electrons. The maximum Gasteiger partial charge on any atom is 0.223 e. The highest BCUT2D eigenvalue weighted by atomic mass is 19.1. The number of hydrogen-bond acceptors (Lipinski definition) is 5. The number of carbonyl (C=O) groups excluding carboxylic acids is 1. The van der Waals surface area contributed by atoms with Gasteiger partial charge in [-0.25, -0.2) is 4.39 Å². The molecule has 1 aromatic heterocycles. The number of methoxy groups -OCH3 is 1. The topological polar surface area (TPSA) is 58.8 Å². The summed E-state index contributed by atoms with van der Waals surface area (Å²) >= 11 is 0. The molecular formula is C23H24FN3O3. The lowest BCUT2D eigenvalue weighted by molar-refractivity contribution is -0.131. The largest absolute Gasteiger partial charge is 0.497 e. The second kappa shape index (κ2) is 8.98. The molecule has 1 fully saturated rings. The average molecular weight is 409 g/mol. The van der Waals surface area contributed by atoms with E-state index in [0.29, 0.717) is 31.7 Å². The molecule has 6 nitrogen and oxygen atoms in total. The molecule has 2 aromatic carbocycles. The Hall–Kier alpha value is -3.35. The molecule has 2 heterocycles. The molecule has 0 atom stereocenters. The maximum absolute atomic E-state index is 13.2. The number of halogens is 1. The van der Waals surface area contributed by atoms with Crippen molar-refractivity contribution >= 4 is 11.6 Å². The molecule has 0 aliphatic carbocycles. The Morgan fingerprint density at radius 3 is 2.43 bits per heavy atom. The van der Waals surface area contributed by atoms with Gasteiger partial charge in [0.05, 0.1) is 13.3 Å². The van der Waals surface area contributed by atoms with Crippen molar-refractivity contribution in [3.8, 4) is 17.1 Å². The molecule has 0 spiro atoms. The van der Waals surface area contributed by atoms with E-state index in [0.717, 1.165) is 35.7 Å². The molecule has 1 aliphatic rings. The van der Waals surface area contributed by atoms with E-state index in [1.165, 1.54) is 12.1 Å². The number of nitrogens with zero attached hydrogens (tertiary/aromatic N) is 3. The zero-order valence-electron chi connectivity index (χ0n) is 16.9. The highest BCUT2D eigenvalue weighted by Gasteiger charge is 2.22. The van der Waals surface area contributed by atoms with E-state index in [9.17, 15) is 9.18 Å². The predicted octanol–water partition coefficient (Wildman–Crippen LogP) is 3.77. The minimum absolute atomic E-state index is 0.121. The Balaban J connectivity index is 1.30. The highest BCUT2D eigenvalue weighted by molar-refractivity contribution is 5.77. The lowest BCUT2D eigenvalue weighted by Crippen LogP contribution is -2.48. The third-order valence-electron chi connectivity index (χ3n) is 5.43. The first-order valence-corrected chi connectivity index (χ1v) is 10.0. The van der Waals surface area contributed by atoms with E-state index in [1.54, 1.807) is 25.4 Å². The van der Waals surface area contributed by atoms with Crippen LogP contribution >= 0.6 is 0 Å². The molecule has 4 rings (SSSR count). The molecule has 156 valence electrons. The second-order valence-corrected chi connectivity index (χ2v) is 7.25. The number of carbonyl (C=O) groups is 1. The first-order valence-electron chi connectivity index (χ1n) is 10.0. The van der Waals surface area contributed by atoms with Crippen LogP contribution in [0.4, 0.5) is 10.1 Å². The van der Waals surface area contributed by atoms with Gasteiger partial charge in [0.25, 0.3) is 0 Å². The van der Waals surface area contributed by atoms with Gasteiger partial charge in [-0.15, -0.1) is 0 Å². The summed E-state index contributed by atoms with van der Waals surface area (Å²) in [6, 6.07) is 14.1. The van der Waals surface area contributed by atoms with E-state index >= 15 is 0 Å². The van der Waals surface area contributed by atoms with Gasteiger partial charge in [0, 0.05) is 49.4 Å². The van der Waals surface area contributed by atoms with Gasteiger partial charge in [-0.3, -0.25) is 4.79 Å². The van der Waals surface area contributed by atoms with Gasteiger partial charge in [-0.2, -0.15) is 0 Å². The summed E-state index contributed by atoms with van der Waals surface area (Å²) in [7, 11) is 1.65. The smallest absolute Gasteiger partial charge is 0.223 e. The number of rotatable bonds is 6. The summed E-state index contributed by atoms with van der Waals surface area (Å²) in [6.45, 7) is 2.98. The third-order valence-corrected chi connectivity index (χ3v) is 5.43. The van der Waals surface area contributed by atoms with E-state index in [2.05, 4.69) is 10.1 Å². The van der Waals surface area contributed by atoms with Crippen molar-refractivity contribution < 1.29 is 18.4 Å². The van der Waals surface area contributed by atoms with Crippen LogP contribution < -0.4 is 9.64 Å². The molecule has 0 saturated carbocycles. The van der Waals surface area contributed by atoms with Crippen LogP contribution in [-0.4, -0.2) is 49.3 Å². The van der Waals surface area contributed by atoms with E-state index in [-0.39, 0.29) is 11.7 Å². The van der Waals surface area contributed by atoms with Crippen LogP contribution in [0.2, 0.25) is 0 Å². The SMILES string of the molecule is COc1ccc(N2CCN(C(=O)CCc3cnoc3-c3ccc(F)cc3)CC2)cc1. The van der Waals surface area contributed by atoms with Gasteiger partial charge < -0.3 is 19.1 Å². The van der Waals surface area contributed by atoms with Gasteiger partial charge in [0.1, 0.15) is 11.6 Å². The Morgan fingerprint density at radius 2 is 1.77 bits per heavy atom. The molecule has 0 bridgehead atoms. The Bertz CT molecular complexity index is 978. The third kappa shape index (κ3) is 4.45. The minimum atomic E-state index is -0.302. The lowest BCUT2D eigenvalue weighted by Gasteiger charge is -2.36. The van der Waals surface area contributed by atoms with Crippen molar-refractivity contribution in [3.05, 3.63) is 66.1 Å².